The standard InChI is InChI=1S/C15H22BrNO2/c1-19-15-7-6-12(16)11-13(15)14-5-4-9-17(14)8-2-3-10-18/h6-7,11,14,18H,2-5,8-10H2,1H3. The summed E-state index contributed by atoms with van der Waals surface area (Å²) in [5.74, 6) is 0.974. The number of rotatable bonds is 6. The molecule has 0 saturated carbocycles. The smallest absolute Gasteiger partial charge is 0.123 e. The number of ether oxygens (including phenoxy) is 1. The number of nitrogens with zero attached hydrogens (tertiary/aromatic N) is 1. The molecule has 1 aliphatic rings. The molecule has 1 fully saturated rings. The fourth-order valence-electron chi connectivity index (χ4n) is 2.84. The molecule has 1 aromatic carbocycles. The lowest BCUT2D eigenvalue weighted by molar-refractivity contribution is 0.227. The summed E-state index contributed by atoms with van der Waals surface area (Å²) in [7, 11) is 1.73. The van der Waals surface area contributed by atoms with E-state index in [1.807, 2.05) is 12.1 Å². The van der Waals surface area contributed by atoms with Crippen LogP contribution in [0.4, 0.5) is 0 Å². The van der Waals surface area contributed by atoms with Crippen molar-refractivity contribution in [2.75, 3.05) is 26.8 Å². The Hall–Kier alpha value is -0.580. The zero-order chi connectivity index (χ0) is 13.7. The zero-order valence-electron chi connectivity index (χ0n) is 11.4. The number of hydrogen-bond acceptors (Lipinski definition) is 3. The van der Waals surface area contributed by atoms with Gasteiger partial charge >= 0.3 is 0 Å². The Bertz CT molecular complexity index is 411. The highest BCUT2D eigenvalue weighted by atomic mass is 79.9. The number of benzene rings is 1. The number of aliphatic hydroxyl groups is 1. The third-order valence-electron chi connectivity index (χ3n) is 3.77. The van der Waals surface area contributed by atoms with Gasteiger partial charge in [-0.15, -0.1) is 0 Å². The molecule has 19 heavy (non-hydrogen) atoms. The topological polar surface area (TPSA) is 32.7 Å². The van der Waals surface area contributed by atoms with Gasteiger partial charge in [0.1, 0.15) is 5.75 Å². The van der Waals surface area contributed by atoms with Crippen molar-refractivity contribution < 1.29 is 9.84 Å². The molecule has 0 aliphatic carbocycles. The van der Waals surface area contributed by atoms with E-state index >= 15 is 0 Å². The lowest BCUT2D eigenvalue weighted by Gasteiger charge is -2.26. The molecule has 0 aromatic heterocycles. The summed E-state index contributed by atoms with van der Waals surface area (Å²) >= 11 is 3.55. The molecule has 3 nitrogen and oxygen atoms in total. The van der Waals surface area contributed by atoms with Gasteiger partial charge in [0.05, 0.1) is 7.11 Å². The molecule has 1 aromatic rings. The van der Waals surface area contributed by atoms with Crippen LogP contribution in [0.15, 0.2) is 22.7 Å². The van der Waals surface area contributed by atoms with Crippen LogP contribution < -0.4 is 4.74 Å². The van der Waals surface area contributed by atoms with Crippen molar-refractivity contribution in [1.29, 1.82) is 0 Å². The van der Waals surface area contributed by atoms with Crippen molar-refractivity contribution >= 4 is 15.9 Å². The number of aliphatic hydroxyl groups excluding tert-OH is 1. The second-order valence-corrected chi connectivity index (χ2v) is 5.93. The fourth-order valence-corrected chi connectivity index (χ4v) is 3.22. The average molecular weight is 328 g/mol. The average Bonchev–Trinajstić information content (AvgIpc) is 2.87. The Labute approximate surface area is 123 Å². The van der Waals surface area contributed by atoms with Gasteiger partial charge in [-0.3, -0.25) is 4.90 Å². The molecule has 4 heteroatoms. The Balaban J connectivity index is 2.12. The summed E-state index contributed by atoms with van der Waals surface area (Å²) in [5.41, 5.74) is 1.28. The van der Waals surface area contributed by atoms with Gasteiger partial charge in [0.2, 0.25) is 0 Å². The van der Waals surface area contributed by atoms with Crippen molar-refractivity contribution in [2.45, 2.75) is 31.7 Å². The number of methoxy groups -OCH3 is 1. The SMILES string of the molecule is COc1ccc(Br)cc1C1CCCN1CCCCO. The minimum Gasteiger partial charge on any atom is -0.496 e. The third-order valence-corrected chi connectivity index (χ3v) is 4.26. The molecular formula is C15H22BrNO2. The summed E-state index contributed by atoms with van der Waals surface area (Å²) in [4.78, 5) is 2.51. The normalized spacial score (nSPS) is 19.8. The summed E-state index contributed by atoms with van der Waals surface area (Å²) < 4.78 is 6.60. The molecule has 106 valence electrons. The molecule has 0 spiro atoms. The maximum atomic E-state index is 8.90. The van der Waals surface area contributed by atoms with Crippen molar-refractivity contribution in [3.05, 3.63) is 28.2 Å². The van der Waals surface area contributed by atoms with E-state index in [0.717, 1.165) is 36.2 Å². The second kappa shape index (κ2) is 7.27. The van der Waals surface area contributed by atoms with Gasteiger partial charge in [-0.1, -0.05) is 15.9 Å². The highest BCUT2D eigenvalue weighted by molar-refractivity contribution is 9.10. The van der Waals surface area contributed by atoms with Gasteiger partial charge in [-0.05, 0) is 57.0 Å². The summed E-state index contributed by atoms with van der Waals surface area (Å²) in [6, 6.07) is 6.68. The van der Waals surface area contributed by atoms with E-state index in [9.17, 15) is 0 Å². The minimum absolute atomic E-state index is 0.290. The summed E-state index contributed by atoms with van der Waals surface area (Å²) in [5, 5.41) is 8.90. The molecule has 1 heterocycles. The highest BCUT2D eigenvalue weighted by Gasteiger charge is 2.27. The van der Waals surface area contributed by atoms with Crippen LogP contribution >= 0.6 is 15.9 Å². The van der Waals surface area contributed by atoms with Gasteiger partial charge in [-0.2, -0.15) is 0 Å². The zero-order valence-corrected chi connectivity index (χ0v) is 13.0. The molecular weight excluding hydrogens is 306 g/mol. The first-order chi connectivity index (χ1) is 9.26. The first kappa shape index (κ1) is 14.8. The fraction of sp³-hybridized carbons (Fsp3) is 0.600. The van der Waals surface area contributed by atoms with E-state index < -0.39 is 0 Å². The maximum absolute atomic E-state index is 8.90. The lowest BCUT2D eigenvalue weighted by Crippen LogP contribution is -2.25. The molecule has 0 amide bonds. The molecule has 2 rings (SSSR count). The minimum atomic E-state index is 0.290. The van der Waals surface area contributed by atoms with Crippen LogP contribution in [0.3, 0.4) is 0 Å². The van der Waals surface area contributed by atoms with Gasteiger partial charge in [0.25, 0.3) is 0 Å². The van der Waals surface area contributed by atoms with E-state index in [4.69, 9.17) is 9.84 Å². The van der Waals surface area contributed by atoms with Crippen molar-refractivity contribution in [3.63, 3.8) is 0 Å². The van der Waals surface area contributed by atoms with Gasteiger partial charge in [0, 0.05) is 22.7 Å². The van der Waals surface area contributed by atoms with Gasteiger partial charge in [-0.25, -0.2) is 0 Å². The quantitative estimate of drug-likeness (QED) is 0.813. The third kappa shape index (κ3) is 3.71. The second-order valence-electron chi connectivity index (χ2n) is 5.01. The monoisotopic (exact) mass is 327 g/mol. The van der Waals surface area contributed by atoms with E-state index in [-0.39, 0.29) is 0 Å². The van der Waals surface area contributed by atoms with Crippen LogP contribution in [0.5, 0.6) is 5.75 Å². The van der Waals surface area contributed by atoms with Crippen LogP contribution in [0.1, 0.15) is 37.3 Å². The number of unbranched alkanes of at least 4 members (excludes halogenated alkanes) is 1. The van der Waals surface area contributed by atoms with Crippen molar-refractivity contribution in [2.24, 2.45) is 0 Å². The Morgan fingerprint density at radius 3 is 3.00 bits per heavy atom. The van der Waals surface area contributed by atoms with Crippen molar-refractivity contribution in [1.82, 2.24) is 4.90 Å². The predicted octanol–water partition coefficient (Wildman–Crippen LogP) is 3.37. The molecule has 1 saturated heterocycles. The van der Waals surface area contributed by atoms with E-state index in [1.165, 1.54) is 18.4 Å². The maximum Gasteiger partial charge on any atom is 0.123 e. The summed E-state index contributed by atoms with van der Waals surface area (Å²) in [6.07, 6.45) is 4.37. The van der Waals surface area contributed by atoms with E-state index in [0.29, 0.717) is 12.6 Å². The molecule has 1 aliphatic heterocycles. The van der Waals surface area contributed by atoms with E-state index in [2.05, 4.69) is 26.9 Å². The first-order valence-corrected chi connectivity index (χ1v) is 7.74. The van der Waals surface area contributed by atoms with Crippen LogP contribution in [0, 0.1) is 0 Å². The summed E-state index contributed by atoms with van der Waals surface area (Å²) in [6.45, 7) is 2.49. The number of likely N-dealkylation sites (tertiary alicyclic amines) is 1. The van der Waals surface area contributed by atoms with Crippen LogP contribution in [0.25, 0.3) is 0 Å². The Morgan fingerprint density at radius 2 is 2.26 bits per heavy atom. The number of halogens is 1. The molecule has 1 unspecified atom stereocenters. The van der Waals surface area contributed by atoms with Crippen LogP contribution in [-0.4, -0.2) is 36.8 Å². The van der Waals surface area contributed by atoms with Crippen LogP contribution in [0.2, 0.25) is 0 Å². The molecule has 1 atom stereocenters. The Morgan fingerprint density at radius 1 is 1.42 bits per heavy atom. The molecule has 0 bridgehead atoms. The molecule has 1 N–H and O–H groups in total. The number of hydrogen-bond donors (Lipinski definition) is 1. The van der Waals surface area contributed by atoms with Gasteiger partial charge < -0.3 is 9.84 Å². The van der Waals surface area contributed by atoms with E-state index in [1.54, 1.807) is 7.11 Å². The first-order valence-electron chi connectivity index (χ1n) is 6.94. The van der Waals surface area contributed by atoms with Crippen molar-refractivity contribution in [3.8, 4) is 5.75 Å². The van der Waals surface area contributed by atoms with Crippen LogP contribution in [-0.2, 0) is 0 Å². The Kier molecular flexibility index (Phi) is 5.67. The van der Waals surface area contributed by atoms with Gasteiger partial charge in [0.15, 0.2) is 0 Å². The predicted molar refractivity (Wildman–Crippen MR) is 80.6 cm³/mol. The highest BCUT2D eigenvalue weighted by Crippen LogP contribution is 2.38. The molecule has 0 radical (unpaired) electrons. The largest absolute Gasteiger partial charge is 0.496 e. The lowest BCUT2D eigenvalue weighted by atomic mass is 10.0.